The highest BCUT2D eigenvalue weighted by Gasteiger charge is 2.44. The van der Waals surface area contributed by atoms with Gasteiger partial charge in [0.2, 0.25) is 5.95 Å². The molecule has 1 aliphatic heterocycles. The molecule has 0 atom stereocenters. The van der Waals surface area contributed by atoms with Gasteiger partial charge in [-0.15, -0.1) is 5.06 Å². The number of urea groups is 1. The SMILES string of the molecule is O=C(NCC(F)(F)F)N(OC(=O)C(F)(F)F)c1cccc(-c2cnc3cc(-c4ccnc(N5C=NCC5)n4)ccn23)c1. The Balaban J connectivity index is 1.45. The minimum Gasteiger partial charge on any atom is -0.326 e. The maximum absolute atomic E-state index is 12.9. The van der Waals surface area contributed by atoms with Crippen molar-refractivity contribution in [3.8, 4) is 22.5 Å². The molecular weight excluding hydrogens is 574 g/mol. The minimum atomic E-state index is -5.52. The smallest absolute Gasteiger partial charge is 0.326 e. The molecule has 42 heavy (non-hydrogen) atoms. The summed E-state index contributed by atoms with van der Waals surface area (Å²) in [5, 5.41) is 1.19. The molecule has 1 N–H and O–H groups in total. The fourth-order valence-corrected chi connectivity index (χ4v) is 3.92. The molecule has 0 radical (unpaired) electrons. The Kier molecular flexibility index (Phi) is 7.40. The minimum absolute atomic E-state index is 0.190. The number of carbonyl (C=O) groups excluding carboxylic acids is 2. The summed E-state index contributed by atoms with van der Waals surface area (Å²) in [5.74, 6) is -2.33. The molecule has 0 saturated heterocycles. The first kappa shape index (κ1) is 28.3. The number of halogens is 6. The summed E-state index contributed by atoms with van der Waals surface area (Å²) in [6, 6.07) is 8.53. The van der Waals surface area contributed by atoms with Crippen molar-refractivity contribution < 1.29 is 40.8 Å². The number of nitrogens with one attached hydrogen (secondary N) is 1. The lowest BCUT2D eigenvalue weighted by Gasteiger charge is -2.22. The number of nitrogens with zero attached hydrogens (tertiary/aromatic N) is 7. The van der Waals surface area contributed by atoms with Crippen molar-refractivity contribution in [1.82, 2.24) is 24.7 Å². The predicted octanol–water partition coefficient (Wildman–Crippen LogP) is 4.41. The number of carbonyl (C=O) groups is 2. The Hall–Kier alpha value is -5.22. The molecule has 1 aliphatic rings. The fraction of sp³-hybridized carbons (Fsp3) is 0.200. The second-order valence-corrected chi connectivity index (χ2v) is 8.74. The van der Waals surface area contributed by atoms with E-state index in [1.54, 1.807) is 46.2 Å². The average molecular weight is 592 g/mol. The summed E-state index contributed by atoms with van der Waals surface area (Å²) in [4.78, 5) is 47.1. The highest BCUT2D eigenvalue weighted by atomic mass is 19.4. The normalized spacial score (nSPS) is 13.4. The van der Waals surface area contributed by atoms with E-state index in [2.05, 4.69) is 24.8 Å². The number of pyridine rings is 1. The zero-order chi connectivity index (χ0) is 30.1. The van der Waals surface area contributed by atoms with Gasteiger partial charge >= 0.3 is 24.4 Å². The third kappa shape index (κ3) is 6.24. The van der Waals surface area contributed by atoms with Gasteiger partial charge in [0.15, 0.2) is 0 Å². The molecule has 0 fully saturated rings. The lowest BCUT2D eigenvalue weighted by molar-refractivity contribution is -0.199. The predicted molar refractivity (Wildman–Crippen MR) is 136 cm³/mol. The van der Waals surface area contributed by atoms with Crippen LogP contribution in [0.2, 0.25) is 0 Å². The molecule has 1 aromatic carbocycles. The van der Waals surface area contributed by atoms with Crippen molar-refractivity contribution in [3.05, 3.63) is 61.1 Å². The van der Waals surface area contributed by atoms with Gasteiger partial charge in [0.1, 0.15) is 12.2 Å². The van der Waals surface area contributed by atoms with Crippen LogP contribution in [-0.2, 0) is 9.63 Å². The number of hydrogen-bond acceptors (Lipinski definition) is 8. The van der Waals surface area contributed by atoms with Crippen molar-refractivity contribution in [2.75, 3.05) is 29.6 Å². The molecule has 0 unspecified atom stereocenters. The van der Waals surface area contributed by atoms with E-state index in [9.17, 15) is 35.9 Å². The van der Waals surface area contributed by atoms with Crippen LogP contribution in [0.5, 0.6) is 0 Å². The molecule has 4 aromatic rings. The van der Waals surface area contributed by atoms with Crippen molar-refractivity contribution in [2.45, 2.75) is 12.4 Å². The lowest BCUT2D eigenvalue weighted by Crippen LogP contribution is -2.46. The van der Waals surface area contributed by atoms with E-state index in [1.165, 1.54) is 23.6 Å². The van der Waals surface area contributed by atoms with Crippen LogP contribution in [0, 0.1) is 0 Å². The summed E-state index contributed by atoms with van der Waals surface area (Å²) in [6.45, 7) is -0.582. The molecular formula is C25H18F6N8O3. The van der Waals surface area contributed by atoms with Crippen LogP contribution < -0.4 is 15.3 Å². The summed E-state index contributed by atoms with van der Waals surface area (Å²) in [7, 11) is 0. The first-order chi connectivity index (χ1) is 19.9. The largest absolute Gasteiger partial charge is 0.493 e. The van der Waals surface area contributed by atoms with Gasteiger partial charge in [-0.2, -0.15) is 26.3 Å². The van der Waals surface area contributed by atoms with Gasteiger partial charge < -0.3 is 10.2 Å². The van der Waals surface area contributed by atoms with Crippen molar-refractivity contribution in [2.24, 2.45) is 4.99 Å². The highest BCUT2D eigenvalue weighted by Crippen LogP contribution is 2.29. The molecule has 0 saturated carbocycles. The van der Waals surface area contributed by atoms with Gasteiger partial charge in [-0.05, 0) is 30.3 Å². The van der Waals surface area contributed by atoms with E-state index < -0.39 is 36.6 Å². The maximum Gasteiger partial charge on any atom is 0.493 e. The van der Waals surface area contributed by atoms with E-state index in [1.807, 2.05) is 0 Å². The molecule has 4 heterocycles. The number of alkyl halides is 6. The third-order valence-electron chi connectivity index (χ3n) is 5.81. The van der Waals surface area contributed by atoms with E-state index in [0.29, 0.717) is 47.2 Å². The van der Waals surface area contributed by atoms with Crippen LogP contribution in [0.4, 0.5) is 42.8 Å². The molecule has 0 aliphatic carbocycles. The number of imidazole rings is 1. The Morgan fingerprint density at radius 2 is 1.83 bits per heavy atom. The first-order valence-electron chi connectivity index (χ1n) is 12.0. The molecule has 218 valence electrons. The second-order valence-electron chi connectivity index (χ2n) is 8.74. The third-order valence-corrected chi connectivity index (χ3v) is 5.81. The summed E-state index contributed by atoms with van der Waals surface area (Å²) in [5.41, 5.74) is 2.03. The number of aromatic nitrogens is 4. The lowest BCUT2D eigenvalue weighted by atomic mass is 10.1. The van der Waals surface area contributed by atoms with Gasteiger partial charge in [0.25, 0.3) is 0 Å². The number of amides is 2. The zero-order valence-electron chi connectivity index (χ0n) is 21.1. The van der Waals surface area contributed by atoms with Crippen LogP contribution in [0.25, 0.3) is 28.2 Å². The van der Waals surface area contributed by atoms with E-state index >= 15 is 0 Å². The van der Waals surface area contributed by atoms with Crippen LogP contribution in [0.15, 0.2) is 66.0 Å². The molecule has 0 bridgehead atoms. The molecule has 3 aromatic heterocycles. The fourth-order valence-electron chi connectivity index (χ4n) is 3.92. The number of rotatable bonds is 5. The standard InChI is InChI=1S/C25H18F6N8O3/c26-24(27,28)13-35-23(41)39(42-21(40)25(29,30)31)17-3-1-2-16(10-17)19-12-34-20-11-15(5-8-38(19)20)18-4-6-33-22(36-18)37-9-7-32-14-37/h1-6,8,10-12,14H,7,9,13H2,(H,35,41). The molecule has 5 rings (SSSR count). The quantitative estimate of drug-likeness (QED) is 0.270. The average Bonchev–Trinajstić information content (AvgIpc) is 3.64. The number of anilines is 2. The van der Waals surface area contributed by atoms with E-state index in [0.717, 1.165) is 12.1 Å². The van der Waals surface area contributed by atoms with Crippen molar-refractivity contribution in [1.29, 1.82) is 0 Å². The molecule has 0 spiro atoms. The number of fused-ring (bicyclic) bond motifs is 1. The monoisotopic (exact) mass is 592 g/mol. The maximum atomic E-state index is 12.9. The molecule has 2 amide bonds. The van der Waals surface area contributed by atoms with Gasteiger partial charge in [-0.3, -0.25) is 14.3 Å². The summed E-state index contributed by atoms with van der Waals surface area (Å²) >= 11 is 0. The number of hydroxylamine groups is 1. The van der Waals surface area contributed by atoms with Gasteiger partial charge in [0, 0.05) is 30.1 Å². The van der Waals surface area contributed by atoms with Gasteiger partial charge in [-0.25, -0.2) is 24.5 Å². The van der Waals surface area contributed by atoms with Crippen molar-refractivity contribution >= 4 is 35.6 Å². The number of benzene rings is 1. The first-order valence-corrected chi connectivity index (χ1v) is 12.0. The second kappa shape index (κ2) is 11.0. The van der Waals surface area contributed by atoms with E-state index in [-0.39, 0.29) is 5.06 Å². The molecule has 11 nitrogen and oxygen atoms in total. The topological polar surface area (TPSA) is 117 Å². The van der Waals surface area contributed by atoms with Crippen LogP contribution >= 0.6 is 0 Å². The zero-order valence-corrected chi connectivity index (χ0v) is 21.1. The van der Waals surface area contributed by atoms with Crippen molar-refractivity contribution in [3.63, 3.8) is 0 Å². The van der Waals surface area contributed by atoms with E-state index in [4.69, 9.17) is 0 Å². The van der Waals surface area contributed by atoms with Crippen LogP contribution in [0.1, 0.15) is 0 Å². The summed E-state index contributed by atoms with van der Waals surface area (Å²) < 4.78 is 78.0. The van der Waals surface area contributed by atoms with Crippen LogP contribution in [-0.4, -0.2) is 69.7 Å². The van der Waals surface area contributed by atoms with Crippen LogP contribution in [0.3, 0.4) is 0 Å². The highest BCUT2D eigenvalue weighted by molar-refractivity contribution is 5.93. The summed E-state index contributed by atoms with van der Waals surface area (Å²) in [6.07, 6.45) is -4.02. The Morgan fingerprint density at radius 3 is 2.55 bits per heavy atom. The Morgan fingerprint density at radius 1 is 1.02 bits per heavy atom. The van der Waals surface area contributed by atoms with Gasteiger partial charge in [-0.1, -0.05) is 12.1 Å². The molecule has 17 heteroatoms. The van der Waals surface area contributed by atoms with Gasteiger partial charge in [0.05, 0.1) is 36.2 Å². The number of hydrogen-bond donors (Lipinski definition) is 1. The Bertz CT molecular complexity index is 1670. The number of aliphatic imine (C=N–C) groups is 1. The Labute approximate surface area is 232 Å².